The van der Waals surface area contributed by atoms with Gasteiger partial charge < -0.3 is 15.0 Å². The van der Waals surface area contributed by atoms with Crippen LogP contribution in [-0.2, 0) is 9.53 Å². The molecule has 2 heterocycles. The highest BCUT2D eigenvalue weighted by Gasteiger charge is 2.21. The van der Waals surface area contributed by atoms with E-state index in [0.29, 0.717) is 39.1 Å². The van der Waals surface area contributed by atoms with Gasteiger partial charge in [0.1, 0.15) is 12.0 Å². The van der Waals surface area contributed by atoms with Crippen LogP contribution in [0.4, 0.5) is 5.69 Å². The van der Waals surface area contributed by atoms with Gasteiger partial charge in [-0.25, -0.2) is 14.8 Å². The maximum atomic E-state index is 12.3. The molecule has 8 nitrogen and oxygen atoms in total. The number of carbonyl (C=O) groups excluding carboxylic acids is 2. The molecule has 0 fully saturated rings. The summed E-state index contributed by atoms with van der Waals surface area (Å²) in [5, 5.41) is 12.7. The van der Waals surface area contributed by atoms with Crippen molar-refractivity contribution in [2.24, 2.45) is 0 Å². The number of H-pyrrole nitrogens is 1. The number of nitriles is 1. The van der Waals surface area contributed by atoms with Gasteiger partial charge in [-0.15, -0.1) is 0 Å². The van der Waals surface area contributed by atoms with Gasteiger partial charge in [0.15, 0.2) is 0 Å². The van der Waals surface area contributed by atoms with Gasteiger partial charge >= 0.3 is 5.97 Å². The molecule has 3 aromatic rings. The fourth-order valence-electron chi connectivity index (χ4n) is 2.69. The Labute approximate surface area is 160 Å². The van der Waals surface area contributed by atoms with E-state index in [1.165, 1.54) is 12.5 Å². The highest BCUT2D eigenvalue weighted by molar-refractivity contribution is 6.09. The molecule has 0 bridgehead atoms. The number of carbonyl (C=O) groups is 2. The van der Waals surface area contributed by atoms with E-state index in [0.717, 1.165) is 0 Å². The number of nitrogens with zero attached hydrogens (tertiary/aromatic N) is 3. The Morgan fingerprint density at radius 2 is 2.14 bits per heavy atom. The van der Waals surface area contributed by atoms with Crippen LogP contribution in [0.3, 0.4) is 0 Å². The Hall–Kier alpha value is -3.99. The van der Waals surface area contributed by atoms with Gasteiger partial charge in [-0.2, -0.15) is 5.26 Å². The highest BCUT2D eigenvalue weighted by Crippen LogP contribution is 2.32. The minimum absolute atomic E-state index is 0.223. The number of hydrogen-bond donors (Lipinski definition) is 2. The molecule has 0 aliphatic rings. The fraction of sp³-hybridized carbons (Fsp3) is 0.150. The number of hydrogen-bond acceptors (Lipinski definition) is 6. The van der Waals surface area contributed by atoms with Crippen molar-refractivity contribution in [2.45, 2.75) is 13.8 Å². The number of anilines is 1. The summed E-state index contributed by atoms with van der Waals surface area (Å²) in [6.45, 7) is 7.14. The molecular formula is C20H17N5O3. The topological polar surface area (TPSA) is 121 Å². The Balaban J connectivity index is 2.20. The van der Waals surface area contributed by atoms with Crippen LogP contribution in [0.15, 0.2) is 42.9 Å². The zero-order chi connectivity index (χ0) is 20.3. The van der Waals surface area contributed by atoms with Crippen LogP contribution >= 0.6 is 0 Å². The Morgan fingerprint density at radius 1 is 1.36 bits per heavy atom. The third-order valence-electron chi connectivity index (χ3n) is 4.01. The molecule has 0 radical (unpaired) electrons. The van der Waals surface area contributed by atoms with Crippen molar-refractivity contribution >= 4 is 28.6 Å². The van der Waals surface area contributed by atoms with Crippen LogP contribution in [-0.4, -0.2) is 33.4 Å². The first kappa shape index (κ1) is 18.8. The Kier molecular flexibility index (Phi) is 5.18. The highest BCUT2D eigenvalue weighted by atomic mass is 16.5. The number of amides is 1. The average molecular weight is 375 g/mol. The zero-order valence-corrected chi connectivity index (χ0v) is 15.4. The second-order valence-electron chi connectivity index (χ2n) is 5.98. The molecule has 3 rings (SSSR count). The summed E-state index contributed by atoms with van der Waals surface area (Å²) in [6, 6.07) is 6.93. The molecule has 0 aliphatic heterocycles. The van der Waals surface area contributed by atoms with Gasteiger partial charge in [-0.05, 0) is 32.0 Å². The van der Waals surface area contributed by atoms with Gasteiger partial charge in [0.2, 0.25) is 0 Å². The summed E-state index contributed by atoms with van der Waals surface area (Å²) in [4.78, 5) is 35.6. The number of aromatic amines is 1. The largest absolute Gasteiger partial charge is 0.462 e. The fourth-order valence-corrected chi connectivity index (χ4v) is 2.69. The molecule has 0 unspecified atom stereocenters. The lowest BCUT2D eigenvalue weighted by molar-refractivity contribution is -0.112. The van der Waals surface area contributed by atoms with E-state index in [-0.39, 0.29) is 18.1 Å². The molecule has 0 saturated heterocycles. The van der Waals surface area contributed by atoms with Crippen molar-refractivity contribution in [3.8, 4) is 17.3 Å². The average Bonchev–Trinajstić information content (AvgIpc) is 3.12. The van der Waals surface area contributed by atoms with E-state index in [2.05, 4.69) is 32.9 Å². The number of fused-ring (bicyclic) bond motifs is 1. The van der Waals surface area contributed by atoms with Gasteiger partial charge in [0, 0.05) is 23.0 Å². The Morgan fingerprint density at radius 3 is 2.82 bits per heavy atom. The van der Waals surface area contributed by atoms with Crippen molar-refractivity contribution in [1.82, 2.24) is 15.0 Å². The normalized spacial score (nSPS) is 10.3. The molecule has 28 heavy (non-hydrogen) atoms. The molecule has 8 heteroatoms. The number of nitrogens with one attached hydrogen (secondary N) is 2. The quantitative estimate of drug-likeness (QED) is 0.522. The lowest BCUT2D eigenvalue weighted by atomic mass is 10.0. The third kappa shape index (κ3) is 3.46. The van der Waals surface area contributed by atoms with Crippen LogP contribution in [0.2, 0.25) is 0 Å². The van der Waals surface area contributed by atoms with Gasteiger partial charge in [0.25, 0.3) is 5.91 Å². The molecule has 1 aromatic carbocycles. The Bertz CT molecular complexity index is 1140. The van der Waals surface area contributed by atoms with Crippen molar-refractivity contribution in [3.63, 3.8) is 0 Å². The lowest BCUT2D eigenvalue weighted by Crippen LogP contribution is -2.12. The standard InChI is InChI=1S/C20H17N5O3/c1-4-28-20(27)15-9-22-18-16(15)17(23-10-24-18)14-7-13(6-5-12(14)8-21)25-19(26)11(2)3/h5-7,9-10H,2,4H2,1,3H3,(H,25,26)(H,22,23,24). The maximum absolute atomic E-state index is 12.3. The van der Waals surface area contributed by atoms with E-state index < -0.39 is 5.97 Å². The van der Waals surface area contributed by atoms with Crippen molar-refractivity contribution < 1.29 is 14.3 Å². The number of benzene rings is 1. The first-order valence-electron chi connectivity index (χ1n) is 8.46. The van der Waals surface area contributed by atoms with E-state index in [9.17, 15) is 14.9 Å². The summed E-state index contributed by atoms with van der Waals surface area (Å²) in [6.07, 6.45) is 2.84. The number of aromatic nitrogens is 3. The van der Waals surface area contributed by atoms with Crippen LogP contribution in [0.25, 0.3) is 22.3 Å². The summed E-state index contributed by atoms with van der Waals surface area (Å²) in [7, 11) is 0. The molecule has 2 aromatic heterocycles. The van der Waals surface area contributed by atoms with Gasteiger partial charge in [0.05, 0.1) is 34.9 Å². The molecule has 0 atom stereocenters. The van der Waals surface area contributed by atoms with Gasteiger partial charge in [-0.3, -0.25) is 4.79 Å². The summed E-state index contributed by atoms with van der Waals surface area (Å²) in [5.41, 5.74) is 2.72. The molecular weight excluding hydrogens is 358 g/mol. The minimum Gasteiger partial charge on any atom is -0.462 e. The van der Waals surface area contributed by atoms with E-state index in [1.54, 1.807) is 32.0 Å². The predicted octanol–water partition coefficient (Wildman–Crippen LogP) is 3.19. The second-order valence-corrected chi connectivity index (χ2v) is 5.98. The minimum atomic E-state index is -0.518. The number of esters is 1. The molecule has 0 aliphatic carbocycles. The maximum Gasteiger partial charge on any atom is 0.340 e. The number of ether oxygens (including phenoxy) is 1. The van der Waals surface area contributed by atoms with Crippen molar-refractivity contribution in [3.05, 3.63) is 54.0 Å². The van der Waals surface area contributed by atoms with Crippen LogP contribution < -0.4 is 5.32 Å². The monoisotopic (exact) mass is 375 g/mol. The molecule has 0 spiro atoms. The lowest BCUT2D eigenvalue weighted by Gasteiger charge is -2.10. The summed E-state index contributed by atoms with van der Waals surface area (Å²) >= 11 is 0. The van der Waals surface area contributed by atoms with Crippen LogP contribution in [0.5, 0.6) is 0 Å². The van der Waals surface area contributed by atoms with E-state index >= 15 is 0 Å². The zero-order valence-electron chi connectivity index (χ0n) is 15.4. The van der Waals surface area contributed by atoms with Crippen LogP contribution in [0.1, 0.15) is 29.8 Å². The first-order valence-corrected chi connectivity index (χ1v) is 8.46. The van der Waals surface area contributed by atoms with Crippen LogP contribution in [0, 0.1) is 11.3 Å². The third-order valence-corrected chi connectivity index (χ3v) is 4.01. The molecule has 0 saturated carbocycles. The summed E-state index contributed by atoms with van der Waals surface area (Å²) < 4.78 is 5.10. The van der Waals surface area contributed by atoms with Gasteiger partial charge in [-0.1, -0.05) is 6.58 Å². The second kappa shape index (κ2) is 7.72. The van der Waals surface area contributed by atoms with Crippen molar-refractivity contribution in [1.29, 1.82) is 5.26 Å². The molecule has 140 valence electrons. The first-order chi connectivity index (χ1) is 13.5. The predicted molar refractivity (Wildman–Crippen MR) is 103 cm³/mol. The summed E-state index contributed by atoms with van der Waals surface area (Å²) in [5.74, 6) is -0.854. The molecule has 1 amide bonds. The van der Waals surface area contributed by atoms with E-state index in [1.807, 2.05) is 0 Å². The molecule has 2 N–H and O–H groups in total. The van der Waals surface area contributed by atoms with Crippen molar-refractivity contribution in [2.75, 3.05) is 11.9 Å². The number of rotatable bonds is 5. The SMILES string of the molecule is C=C(C)C(=O)Nc1ccc(C#N)c(-c2ncnc3[nH]cc(C(=O)OCC)c23)c1. The smallest absolute Gasteiger partial charge is 0.340 e. The van der Waals surface area contributed by atoms with E-state index in [4.69, 9.17) is 4.74 Å².